The SMILES string of the molecule is COc1ccccc1C1C(C(=O)C(C)C)=C(O)C(=O)N1c1cc(C)cc(C)c1. The molecule has 0 saturated heterocycles. The minimum atomic E-state index is -0.750. The van der Waals surface area contributed by atoms with Crippen molar-refractivity contribution < 1.29 is 19.4 Å². The van der Waals surface area contributed by atoms with Crippen LogP contribution in [0.25, 0.3) is 0 Å². The predicted octanol–water partition coefficient (Wildman–Crippen LogP) is 4.44. The van der Waals surface area contributed by atoms with Crippen LogP contribution < -0.4 is 9.64 Å². The summed E-state index contributed by atoms with van der Waals surface area (Å²) >= 11 is 0. The second-order valence-corrected chi connectivity index (χ2v) is 7.45. The van der Waals surface area contributed by atoms with Crippen LogP contribution >= 0.6 is 0 Å². The van der Waals surface area contributed by atoms with E-state index in [9.17, 15) is 14.7 Å². The van der Waals surface area contributed by atoms with Crippen molar-refractivity contribution in [2.75, 3.05) is 12.0 Å². The van der Waals surface area contributed by atoms with Gasteiger partial charge in [0.05, 0.1) is 18.7 Å². The number of aliphatic hydroxyl groups excluding tert-OH is 1. The van der Waals surface area contributed by atoms with E-state index < -0.39 is 17.7 Å². The Morgan fingerprint density at radius 1 is 1.11 bits per heavy atom. The molecule has 1 aliphatic rings. The maximum atomic E-state index is 13.1. The van der Waals surface area contributed by atoms with E-state index in [1.165, 1.54) is 4.90 Å². The number of amides is 1. The highest BCUT2D eigenvalue weighted by molar-refractivity contribution is 6.17. The van der Waals surface area contributed by atoms with Crippen molar-refractivity contribution in [1.29, 1.82) is 0 Å². The van der Waals surface area contributed by atoms with Gasteiger partial charge in [0.15, 0.2) is 11.5 Å². The number of nitrogens with zero attached hydrogens (tertiary/aromatic N) is 1. The molecule has 1 N–H and O–H groups in total. The number of para-hydroxylation sites is 1. The van der Waals surface area contributed by atoms with Gasteiger partial charge in [-0.15, -0.1) is 0 Å². The van der Waals surface area contributed by atoms with Crippen molar-refractivity contribution >= 4 is 17.4 Å². The summed E-state index contributed by atoms with van der Waals surface area (Å²) in [4.78, 5) is 27.5. The van der Waals surface area contributed by atoms with Crippen LogP contribution in [-0.2, 0) is 9.59 Å². The number of carbonyl (C=O) groups is 2. The van der Waals surface area contributed by atoms with Gasteiger partial charge in [0.2, 0.25) is 0 Å². The standard InChI is InChI=1S/C23H25NO4/c1-13(2)21(25)19-20(17-8-6-7-9-18(17)28-5)24(23(27)22(19)26)16-11-14(3)10-15(4)12-16/h6-13,20,26H,1-5H3. The van der Waals surface area contributed by atoms with Gasteiger partial charge in [-0.05, 0) is 43.2 Å². The topological polar surface area (TPSA) is 66.8 Å². The summed E-state index contributed by atoms with van der Waals surface area (Å²) in [5.41, 5.74) is 3.39. The van der Waals surface area contributed by atoms with Crippen LogP contribution in [0.4, 0.5) is 5.69 Å². The molecule has 2 aromatic carbocycles. The first kappa shape index (κ1) is 19.7. The number of benzene rings is 2. The molecule has 1 heterocycles. The Hall–Kier alpha value is -3.08. The van der Waals surface area contributed by atoms with Crippen molar-refractivity contribution in [2.24, 2.45) is 5.92 Å². The molecule has 0 bridgehead atoms. The van der Waals surface area contributed by atoms with Crippen LogP contribution in [0.15, 0.2) is 53.8 Å². The summed E-state index contributed by atoms with van der Waals surface area (Å²) < 4.78 is 5.49. The lowest BCUT2D eigenvalue weighted by Crippen LogP contribution is -2.31. The highest BCUT2D eigenvalue weighted by Gasteiger charge is 2.45. The lowest BCUT2D eigenvalue weighted by atomic mass is 9.90. The second-order valence-electron chi connectivity index (χ2n) is 7.45. The fourth-order valence-electron chi connectivity index (χ4n) is 3.71. The van der Waals surface area contributed by atoms with E-state index in [0.717, 1.165) is 11.1 Å². The summed E-state index contributed by atoms with van der Waals surface area (Å²) in [5, 5.41) is 10.7. The zero-order valence-corrected chi connectivity index (χ0v) is 16.8. The second kappa shape index (κ2) is 7.50. The molecule has 0 fully saturated rings. The third kappa shape index (κ3) is 3.28. The third-order valence-corrected chi connectivity index (χ3v) is 4.92. The normalized spacial score (nSPS) is 16.9. The number of aryl methyl sites for hydroxylation is 2. The molecule has 0 saturated carbocycles. The maximum absolute atomic E-state index is 13.1. The van der Waals surface area contributed by atoms with E-state index in [2.05, 4.69) is 0 Å². The van der Waals surface area contributed by atoms with Crippen LogP contribution in [0.1, 0.15) is 36.6 Å². The van der Waals surface area contributed by atoms with E-state index in [0.29, 0.717) is 17.0 Å². The Balaban J connectivity index is 2.27. The molecule has 0 aliphatic carbocycles. The molecule has 0 radical (unpaired) electrons. The largest absolute Gasteiger partial charge is 0.503 e. The van der Waals surface area contributed by atoms with Gasteiger partial charge in [-0.3, -0.25) is 14.5 Å². The van der Waals surface area contributed by atoms with Crippen molar-refractivity contribution in [2.45, 2.75) is 33.7 Å². The summed E-state index contributed by atoms with van der Waals surface area (Å²) in [5.74, 6) is -1.13. The number of ether oxygens (including phenoxy) is 1. The lowest BCUT2D eigenvalue weighted by Gasteiger charge is -2.29. The van der Waals surface area contributed by atoms with Gasteiger partial charge >= 0.3 is 0 Å². The van der Waals surface area contributed by atoms with Gasteiger partial charge < -0.3 is 9.84 Å². The Morgan fingerprint density at radius 2 is 1.71 bits per heavy atom. The van der Waals surface area contributed by atoms with Crippen molar-refractivity contribution in [3.8, 4) is 5.75 Å². The molecule has 1 unspecified atom stereocenters. The number of Topliss-reactive ketones (excluding diaryl/α,β-unsaturated/α-hetero) is 1. The Morgan fingerprint density at radius 3 is 2.29 bits per heavy atom. The minimum Gasteiger partial charge on any atom is -0.503 e. The molecule has 28 heavy (non-hydrogen) atoms. The highest BCUT2D eigenvalue weighted by atomic mass is 16.5. The average Bonchev–Trinajstić information content (AvgIpc) is 2.91. The van der Waals surface area contributed by atoms with Crippen molar-refractivity contribution in [1.82, 2.24) is 0 Å². The summed E-state index contributed by atoms with van der Waals surface area (Å²) in [6, 6.07) is 12.3. The van der Waals surface area contributed by atoms with Crippen LogP contribution in [0, 0.1) is 19.8 Å². The molecule has 0 aromatic heterocycles. The zero-order valence-electron chi connectivity index (χ0n) is 16.8. The van der Waals surface area contributed by atoms with Crippen LogP contribution in [-0.4, -0.2) is 23.9 Å². The molecular formula is C23H25NO4. The van der Waals surface area contributed by atoms with Crippen LogP contribution in [0.5, 0.6) is 5.75 Å². The van der Waals surface area contributed by atoms with Gasteiger partial charge in [-0.2, -0.15) is 0 Å². The molecule has 5 nitrogen and oxygen atoms in total. The average molecular weight is 379 g/mol. The van der Waals surface area contributed by atoms with Gasteiger partial charge in [-0.25, -0.2) is 0 Å². The summed E-state index contributed by atoms with van der Waals surface area (Å²) in [6.07, 6.45) is 0. The number of ketones is 1. The number of hydrogen-bond acceptors (Lipinski definition) is 4. The lowest BCUT2D eigenvalue weighted by molar-refractivity contribution is -0.119. The molecule has 2 aromatic rings. The fourth-order valence-corrected chi connectivity index (χ4v) is 3.71. The number of anilines is 1. The van der Waals surface area contributed by atoms with E-state index in [1.807, 2.05) is 50.2 Å². The maximum Gasteiger partial charge on any atom is 0.294 e. The first-order valence-electron chi connectivity index (χ1n) is 9.28. The Bertz CT molecular complexity index is 954. The van der Waals surface area contributed by atoms with E-state index in [1.54, 1.807) is 27.0 Å². The smallest absolute Gasteiger partial charge is 0.294 e. The number of carbonyl (C=O) groups excluding carboxylic acids is 2. The molecule has 146 valence electrons. The predicted molar refractivity (Wildman–Crippen MR) is 109 cm³/mol. The Kier molecular flexibility index (Phi) is 5.27. The van der Waals surface area contributed by atoms with Gasteiger partial charge in [0.1, 0.15) is 5.75 Å². The summed E-state index contributed by atoms with van der Waals surface area (Å²) in [7, 11) is 1.55. The molecule has 1 aliphatic heterocycles. The molecule has 1 amide bonds. The first-order chi connectivity index (χ1) is 13.3. The van der Waals surface area contributed by atoms with E-state index in [-0.39, 0.29) is 17.3 Å². The van der Waals surface area contributed by atoms with Crippen LogP contribution in [0.2, 0.25) is 0 Å². The number of aliphatic hydroxyl groups is 1. The minimum absolute atomic E-state index is 0.114. The molecule has 1 atom stereocenters. The van der Waals surface area contributed by atoms with Gasteiger partial charge in [0, 0.05) is 17.2 Å². The van der Waals surface area contributed by atoms with Gasteiger partial charge in [-0.1, -0.05) is 38.1 Å². The quantitative estimate of drug-likeness (QED) is 0.834. The van der Waals surface area contributed by atoms with Crippen molar-refractivity contribution in [3.63, 3.8) is 0 Å². The number of rotatable bonds is 5. The molecule has 3 rings (SSSR count). The van der Waals surface area contributed by atoms with Crippen LogP contribution in [0.3, 0.4) is 0 Å². The Labute approximate surface area is 165 Å². The molecule has 5 heteroatoms. The molecule has 0 spiro atoms. The fraction of sp³-hybridized carbons (Fsp3) is 0.304. The van der Waals surface area contributed by atoms with Gasteiger partial charge in [0.25, 0.3) is 5.91 Å². The first-order valence-corrected chi connectivity index (χ1v) is 9.28. The third-order valence-electron chi connectivity index (χ3n) is 4.92. The zero-order chi connectivity index (χ0) is 20.6. The number of hydrogen-bond donors (Lipinski definition) is 1. The monoisotopic (exact) mass is 379 g/mol. The van der Waals surface area contributed by atoms with E-state index in [4.69, 9.17) is 4.74 Å². The highest BCUT2D eigenvalue weighted by Crippen LogP contribution is 2.44. The molecular weight excluding hydrogens is 354 g/mol. The number of methoxy groups -OCH3 is 1. The summed E-state index contributed by atoms with van der Waals surface area (Å²) in [6.45, 7) is 7.41. The van der Waals surface area contributed by atoms with Crippen molar-refractivity contribution in [3.05, 3.63) is 70.5 Å². The van der Waals surface area contributed by atoms with E-state index >= 15 is 0 Å².